The predicted molar refractivity (Wildman–Crippen MR) is 88.3 cm³/mol. The van der Waals surface area contributed by atoms with Gasteiger partial charge in [0.15, 0.2) is 0 Å². The third kappa shape index (κ3) is 5.68. The fraction of sp³-hybridized carbons (Fsp3) is 0.278. The number of amides is 1. The Morgan fingerprint density at radius 3 is 2.41 bits per heavy atom. The first-order chi connectivity index (χ1) is 10.8. The van der Waals surface area contributed by atoms with E-state index in [0.717, 1.165) is 16.8 Å². The average molecular weight is 298 g/mol. The highest BCUT2D eigenvalue weighted by molar-refractivity contribution is 5.90. The molecule has 0 bridgehead atoms. The molecule has 0 heterocycles. The smallest absolute Gasteiger partial charge is 0.224 e. The normalized spacial score (nSPS) is 10.4. The van der Waals surface area contributed by atoms with E-state index in [1.165, 1.54) is 0 Å². The largest absolute Gasteiger partial charge is 0.377 e. The van der Waals surface area contributed by atoms with Gasteiger partial charge in [-0.3, -0.25) is 4.79 Å². The van der Waals surface area contributed by atoms with Gasteiger partial charge in [0.2, 0.25) is 5.91 Å². The lowest BCUT2D eigenvalue weighted by molar-refractivity contribution is -0.116. The van der Waals surface area contributed by atoms with E-state index >= 15 is 0 Å². The molecule has 0 unspecified atom stereocenters. The van der Waals surface area contributed by atoms with Gasteiger partial charge in [-0.2, -0.15) is 0 Å². The van der Waals surface area contributed by atoms with Crippen molar-refractivity contribution in [3.8, 4) is 0 Å². The Hall–Kier alpha value is -2.17. The molecule has 116 valence electrons. The number of hydrogen-bond donors (Lipinski definition) is 2. The van der Waals surface area contributed by atoms with Gasteiger partial charge in [-0.05, 0) is 29.7 Å². The van der Waals surface area contributed by atoms with Crippen LogP contribution in [-0.4, -0.2) is 12.5 Å². The first kappa shape index (κ1) is 16.2. The van der Waals surface area contributed by atoms with E-state index in [-0.39, 0.29) is 5.91 Å². The number of ether oxygens (including phenoxy) is 1. The maximum Gasteiger partial charge on any atom is 0.224 e. The molecule has 0 aliphatic carbocycles. The van der Waals surface area contributed by atoms with E-state index in [9.17, 15) is 4.79 Å². The van der Waals surface area contributed by atoms with E-state index < -0.39 is 0 Å². The molecule has 4 heteroatoms. The van der Waals surface area contributed by atoms with Crippen LogP contribution in [0.3, 0.4) is 0 Å². The zero-order chi connectivity index (χ0) is 15.6. The van der Waals surface area contributed by atoms with Gasteiger partial charge in [-0.25, -0.2) is 0 Å². The average Bonchev–Trinajstić information content (AvgIpc) is 2.56. The molecule has 3 N–H and O–H groups in total. The van der Waals surface area contributed by atoms with Crippen molar-refractivity contribution in [3.05, 3.63) is 65.7 Å². The lowest BCUT2D eigenvalue weighted by Crippen LogP contribution is -2.12. The minimum atomic E-state index is 0.00353. The molecule has 0 atom stereocenters. The third-order valence-corrected chi connectivity index (χ3v) is 3.28. The highest BCUT2D eigenvalue weighted by Crippen LogP contribution is 2.10. The summed E-state index contributed by atoms with van der Waals surface area (Å²) in [5, 5.41) is 2.87. The lowest BCUT2D eigenvalue weighted by Gasteiger charge is -2.07. The zero-order valence-corrected chi connectivity index (χ0v) is 12.6. The Balaban J connectivity index is 1.61. The summed E-state index contributed by atoms with van der Waals surface area (Å²) in [4.78, 5) is 11.8. The fourth-order valence-corrected chi connectivity index (χ4v) is 2.05. The van der Waals surface area contributed by atoms with E-state index in [4.69, 9.17) is 10.5 Å². The molecule has 0 saturated carbocycles. The number of benzene rings is 2. The molecular formula is C18H22N2O2. The molecule has 0 saturated heterocycles. The maximum absolute atomic E-state index is 11.8. The first-order valence-corrected chi connectivity index (χ1v) is 7.48. The van der Waals surface area contributed by atoms with Gasteiger partial charge < -0.3 is 15.8 Å². The second-order valence-electron chi connectivity index (χ2n) is 5.09. The van der Waals surface area contributed by atoms with Crippen LogP contribution in [0, 0.1) is 0 Å². The van der Waals surface area contributed by atoms with Crippen LogP contribution in [0.2, 0.25) is 0 Å². The molecule has 2 rings (SSSR count). The van der Waals surface area contributed by atoms with Gasteiger partial charge in [0, 0.05) is 25.3 Å². The molecule has 0 aromatic heterocycles. The van der Waals surface area contributed by atoms with Crippen molar-refractivity contribution in [2.45, 2.75) is 26.0 Å². The van der Waals surface area contributed by atoms with Crippen LogP contribution < -0.4 is 11.1 Å². The van der Waals surface area contributed by atoms with Gasteiger partial charge >= 0.3 is 0 Å². The van der Waals surface area contributed by atoms with Gasteiger partial charge in [-0.1, -0.05) is 42.5 Å². The van der Waals surface area contributed by atoms with Gasteiger partial charge in [0.1, 0.15) is 0 Å². The molecule has 0 aliphatic rings. The van der Waals surface area contributed by atoms with Crippen molar-refractivity contribution in [2.24, 2.45) is 5.73 Å². The first-order valence-electron chi connectivity index (χ1n) is 7.48. The number of anilines is 1. The molecule has 0 spiro atoms. The topological polar surface area (TPSA) is 64.3 Å². The SMILES string of the molecule is NCc1ccc(NC(=O)CCCOCc2ccccc2)cc1. The second kappa shape index (κ2) is 8.97. The van der Waals surface area contributed by atoms with Crippen molar-refractivity contribution >= 4 is 11.6 Å². The molecule has 2 aromatic carbocycles. The highest BCUT2D eigenvalue weighted by atomic mass is 16.5. The Kier molecular flexibility index (Phi) is 6.61. The summed E-state index contributed by atoms with van der Waals surface area (Å²) >= 11 is 0. The monoisotopic (exact) mass is 298 g/mol. The molecular weight excluding hydrogens is 276 g/mol. The van der Waals surface area contributed by atoms with E-state index in [0.29, 0.717) is 32.6 Å². The summed E-state index contributed by atoms with van der Waals surface area (Å²) in [7, 11) is 0. The Bertz CT molecular complexity index is 567. The summed E-state index contributed by atoms with van der Waals surface area (Å²) in [6.07, 6.45) is 1.16. The minimum absolute atomic E-state index is 0.00353. The number of carbonyl (C=O) groups is 1. The molecule has 22 heavy (non-hydrogen) atoms. The highest BCUT2D eigenvalue weighted by Gasteiger charge is 2.02. The number of rotatable bonds is 8. The quantitative estimate of drug-likeness (QED) is 0.736. The van der Waals surface area contributed by atoms with Crippen molar-refractivity contribution in [1.82, 2.24) is 0 Å². The fourth-order valence-electron chi connectivity index (χ4n) is 2.05. The van der Waals surface area contributed by atoms with Crippen molar-refractivity contribution in [1.29, 1.82) is 0 Å². The molecule has 0 aliphatic heterocycles. The maximum atomic E-state index is 11.8. The van der Waals surface area contributed by atoms with Crippen molar-refractivity contribution in [3.63, 3.8) is 0 Å². The Morgan fingerprint density at radius 1 is 1.00 bits per heavy atom. The minimum Gasteiger partial charge on any atom is -0.377 e. The van der Waals surface area contributed by atoms with E-state index in [2.05, 4.69) is 5.32 Å². The van der Waals surface area contributed by atoms with Crippen LogP contribution in [0.15, 0.2) is 54.6 Å². The summed E-state index contributed by atoms with van der Waals surface area (Å²) in [6, 6.07) is 17.6. The molecule has 4 nitrogen and oxygen atoms in total. The van der Waals surface area contributed by atoms with Crippen LogP contribution in [-0.2, 0) is 22.7 Å². The van der Waals surface area contributed by atoms with Gasteiger partial charge in [0.25, 0.3) is 0 Å². The zero-order valence-electron chi connectivity index (χ0n) is 12.6. The molecule has 0 radical (unpaired) electrons. The molecule has 1 amide bonds. The number of nitrogens with one attached hydrogen (secondary N) is 1. The number of carbonyl (C=O) groups excluding carboxylic acids is 1. The predicted octanol–water partition coefficient (Wildman–Crippen LogP) is 3.08. The van der Waals surface area contributed by atoms with Crippen LogP contribution in [0.1, 0.15) is 24.0 Å². The summed E-state index contributed by atoms with van der Waals surface area (Å²) < 4.78 is 5.56. The Morgan fingerprint density at radius 2 is 1.73 bits per heavy atom. The van der Waals surface area contributed by atoms with Crippen LogP contribution in [0.5, 0.6) is 0 Å². The van der Waals surface area contributed by atoms with Gasteiger partial charge in [0.05, 0.1) is 6.61 Å². The summed E-state index contributed by atoms with van der Waals surface area (Å²) in [5.74, 6) is 0.00353. The van der Waals surface area contributed by atoms with Crippen LogP contribution in [0.4, 0.5) is 5.69 Å². The van der Waals surface area contributed by atoms with E-state index in [1.807, 2.05) is 54.6 Å². The Labute approximate surface area is 131 Å². The van der Waals surface area contributed by atoms with Crippen molar-refractivity contribution in [2.75, 3.05) is 11.9 Å². The van der Waals surface area contributed by atoms with Gasteiger partial charge in [-0.15, -0.1) is 0 Å². The third-order valence-electron chi connectivity index (χ3n) is 3.28. The van der Waals surface area contributed by atoms with E-state index in [1.54, 1.807) is 0 Å². The summed E-state index contributed by atoms with van der Waals surface area (Å²) in [5.41, 5.74) is 8.53. The summed E-state index contributed by atoms with van der Waals surface area (Å²) in [6.45, 7) is 1.67. The second-order valence-corrected chi connectivity index (χ2v) is 5.09. The van der Waals surface area contributed by atoms with Crippen molar-refractivity contribution < 1.29 is 9.53 Å². The standard InChI is InChI=1S/C18H22N2O2/c19-13-15-8-10-17(11-9-15)20-18(21)7-4-12-22-14-16-5-2-1-3-6-16/h1-3,5-6,8-11H,4,7,12-14,19H2,(H,20,21). The lowest BCUT2D eigenvalue weighted by atomic mass is 10.2. The van der Waals surface area contributed by atoms with Crippen LogP contribution in [0.25, 0.3) is 0 Å². The molecule has 2 aromatic rings. The number of hydrogen-bond acceptors (Lipinski definition) is 3. The number of nitrogens with two attached hydrogens (primary N) is 1. The molecule has 0 fully saturated rings. The van der Waals surface area contributed by atoms with Crippen LogP contribution >= 0.6 is 0 Å².